The highest BCUT2D eigenvalue weighted by atomic mass is 35.6. The molecule has 0 aromatic heterocycles. The van der Waals surface area contributed by atoms with Crippen LogP contribution in [0.2, 0.25) is 0 Å². The normalized spacial score (nSPS) is 12.7. The lowest BCUT2D eigenvalue weighted by molar-refractivity contribution is -0.706. The van der Waals surface area contributed by atoms with Crippen LogP contribution < -0.4 is 10.6 Å². The fourth-order valence-corrected chi connectivity index (χ4v) is 2.58. The number of halogens is 3. The zero-order chi connectivity index (χ0) is 16.9. The Hall–Kier alpha value is -1.26. The van der Waals surface area contributed by atoms with Gasteiger partial charge in [-0.2, -0.15) is 0 Å². The minimum atomic E-state index is -1.62. The van der Waals surface area contributed by atoms with E-state index in [1.54, 1.807) is 17.4 Å². The summed E-state index contributed by atoms with van der Waals surface area (Å²) in [5.41, 5.74) is 2.62. The number of alkyl halides is 3. The molecule has 0 saturated heterocycles. The molecule has 0 heterocycles. The molecule has 3 N–H and O–H groups in total. The Labute approximate surface area is 150 Å². The molecule has 0 fully saturated rings. The molecule has 0 unspecified atom stereocenters. The summed E-state index contributed by atoms with van der Waals surface area (Å²) in [6.07, 6.45) is -0.694. The van der Waals surface area contributed by atoms with E-state index < -0.39 is 9.96 Å². The maximum absolute atomic E-state index is 12.4. The number of hydrogen-bond donors (Lipinski definition) is 2. The van der Waals surface area contributed by atoms with Crippen molar-refractivity contribution in [3.05, 3.63) is 71.3 Å². The minimum absolute atomic E-state index is 0.269. The van der Waals surface area contributed by atoms with Crippen LogP contribution in [-0.4, -0.2) is 15.9 Å². The van der Waals surface area contributed by atoms with Crippen molar-refractivity contribution in [1.82, 2.24) is 5.32 Å². The van der Waals surface area contributed by atoms with Crippen LogP contribution in [0.25, 0.3) is 0 Å². The number of nitrogens with one attached hydrogen (secondary N) is 1. The van der Waals surface area contributed by atoms with Gasteiger partial charge in [0.15, 0.2) is 0 Å². The van der Waals surface area contributed by atoms with E-state index in [1.165, 1.54) is 0 Å². The SMILES string of the molecule is Cc1cccc(C(=O)N[C@@H]([NH2+]Cc2ccccc2)C(Cl)(Cl)Cl)c1. The second-order valence-corrected chi connectivity index (χ2v) is 7.66. The zero-order valence-corrected chi connectivity index (χ0v) is 14.9. The van der Waals surface area contributed by atoms with Crippen molar-refractivity contribution in [1.29, 1.82) is 0 Å². The summed E-state index contributed by atoms with van der Waals surface area (Å²) in [7, 11) is 0. The van der Waals surface area contributed by atoms with Crippen LogP contribution in [0.15, 0.2) is 54.6 Å². The van der Waals surface area contributed by atoms with Crippen LogP contribution in [0.1, 0.15) is 21.5 Å². The first-order valence-electron chi connectivity index (χ1n) is 7.18. The number of rotatable bonds is 5. The number of amides is 1. The molecule has 23 heavy (non-hydrogen) atoms. The van der Waals surface area contributed by atoms with E-state index >= 15 is 0 Å². The van der Waals surface area contributed by atoms with Gasteiger partial charge >= 0.3 is 0 Å². The summed E-state index contributed by atoms with van der Waals surface area (Å²) < 4.78 is -1.62. The Morgan fingerprint density at radius 2 is 1.83 bits per heavy atom. The fourth-order valence-electron chi connectivity index (χ4n) is 2.15. The van der Waals surface area contributed by atoms with Gasteiger partial charge in [-0.15, -0.1) is 0 Å². The van der Waals surface area contributed by atoms with E-state index in [0.29, 0.717) is 12.1 Å². The molecule has 0 radical (unpaired) electrons. The molecule has 2 aromatic rings. The molecule has 3 nitrogen and oxygen atoms in total. The molecule has 6 heteroatoms. The second kappa shape index (κ2) is 8.02. The molecule has 1 atom stereocenters. The Bertz CT molecular complexity index is 656. The highest BCUT2D eigenvalue weighted by Crippen LogP contribution is 2.27. The topological polar surface area (TPSA) is 45.7 Å². The average Bonchev–Trinajstić information content (AvgIpc) is 2.51. The average molecular weight is 373 g/mol. The number of hydrogen-bond acceptors (Lipinski definition) is 1. The highest BCUT2D eigenvalue weighted by Gasteiger charge is 2.37. The number of carbonyl (C=O) groups is 1. The molecular weight excluding hydrogens is 355 g/mol. The van der Waals surface area contributed by atoms with Crippen LogP contribution in [0.4, 0.5) is 0 Å². The van der Waals surface area contributed by atoms with Crippen molar-refractivity contribution < 1.29 is 10.1 Å². The Morgan fingerprint density at radius 3 is 2.43 bits per heavy atom. The molecule has 0 aliphatic rings. The quantitative estimate of drug-likeness (QED) is 0.614. The molecule has 122 valence electrons. The lowest BCUT2D eigenvalue weighted by Gasteiger charge is -2.23. The predicted octanol–water partition coefficient (Wildman–Crippen LogP) is 3.18. The van der Waals surface area contributed by atoms with Crippen LogP contribution in [-0.2, 0) is 6.54 Å². The molecule has 0 bridgehead atoms. The molecule has 2 rings (SSSR count). The molecular formula is C17H18Cl3N2O+. The number of aryl methyl sites for hydroxylation is 1. The Morgan fingerprint density at radius 1 is 1.13 bits per heavy atom. The van der Waals surface area contributed by atoms with E-state index in [4.69, 9.17) is 34.8 Å². The zero-order valence-electron chi connectivity index (χ0n) is 12.6. The van der Waals surface area contributed by atoms with Crippen molar-refractivity contribution >= 4 is 40.7 Å². The summed E-state index contributed by atoms with van der Waals surface area (Å²) in [4.78, 5) is 12.4. The van der Waals surface area contributed by atoms with Gasteiger partial charge in [-0.3, -0.25) is 10.1 Å². The van der Waals surface area contributed by atoms with Gasteiger partial charge in [0.2, 0.25) is 6.17 Å². The van der Waals surface area contributed by atoms with E-state index in [0.717, 1.165) is 11.1 Å². The molecule has 2 aromatic carbocycles. The van der Waals surface area contributed by atoms with E-state index in [-0.39, 0.29) is 5.91 Å². The first kappa shape index (κ1) is 18.1. The van der Waals surface area contributed by atoms with Crippen molar-refractivity contribution in [2.75, 3.05) is 0 Å². The highest BCUT2D eigenvalue weighted by molar-refractivity contribution is 6.68. The monoisotopic (exact) mass is 371 g/mol. The standard InChI is InChI=1S/C17H17Cl3N2O/c1-12-6-5-9-14(10-12)15(23)22-16(17(18,19)20)21-11-13-7-3-2-4-8-13/h2-10,16,21H,11H2,1H3,(H,22,23)/p+1/t16-/m1/s1. The molecule has 0 spiro atoms. The third kappa shape index (κ3) is 5.70. The summed E-state index contributed by atoms with van der Waals surface area (Å²) in [5, 5.41) is 4.58. The van der Waals surface area contributed by atoms with Crippen LogP contribution in [0.3, 0.4) is 0 Å². The molecule has 0 aliphatic heterocycles. The van der Waals surface area contributed by atoms with Gasteiger partial charge in [-0.1, -0.05) is 82.8 Å². The van der Waals surface area contributed by atoms with Gasteiger partial charge in [0, 0.05) is 11.1 Å². The smallest absolute Gasteiger partial charge is 0.262 e. The maximum atomic E-state index is 12.4. The van der Waals surface area contributed by atoms with E-state index in [2.05, 4.69) is 5.32 Å². The van der Waals surface area contributed by atoms with Gasteiger partial charge in [-0.05, 0) is 19.1 Å². The molecule has 0 aliphatic carbocycles. The van der Waals surface area contributed by atoms with Gasteiger partial charge < -0.3 is 5.32 Å². The Balaban J connectivity index is 2.05. The number of quaternary nitrogens is 1. The predicted molar refractivity (Wildman–Crippen MR) is 94.8 cm³/mol. The summed E-state index contributed by atoms with van der Waals surface area (Å²) >= 11 is 18.0. The number of benzene rings is 2. The molecule has 1 amide bonds. The number of carbonyl (C=O) groups excluding carboxylic acids is 1. The largest absolute Gasteiger partial charge is 0.319 e. The fraction of sp³-hybridized carbons (Fsp3) is 0.235. The first-order chi connectivity index (χ1) is 10.9. The lowest BCUT2D eigenvalue weighted by Crippen LogP contribution is -2.95. The van der Waals surface area contributed by atoms with E-state index in [1.807, 2.05) is 49.4 Å². The summed E-state index contributed by atoms with van der Waals surface area (Å²) in [5.74, 6) is -0.269. The van der Waals surface area contributed by atoms with Gasteiger partial charge in [0.05, 0.1) is 0 Å². The van der Waals surface area contributed by atoms with Crippen molar-refractivity contribution in [3.8, 4) is 0 Å². The third-order valence-electron chi connectivity index (χ3n) is 3.35. The van der Waals surface area contributed by atoms with Crippen molar-refractivity contribution in [3.63, 3.8) is 0 Å². The van der Waals surface area contributed by atoms with Crippen molar-refractivity contribution in [2.45, 2.75) is 23.4 Å². The van der Waals surface area contributed by atoms with Gasteiger partial charge in [0.25, 0.3) is 9.70 Å². The summed E-state index contributed by atoms with van der Waals surface area (Å²) in [6.45, 7) is 2.51. The third-order valence-corrected chi connectivity index (χ3v) is 4.06. The molecule has 0 saturated carbocycles. The van der Waals surface area contributed by atoms with Crippen molar-refractivity contribution in [2.24, 2.45) is 0 Å². The van der Waals surface area contributed by atoms with Crippen LogP contribution in [0, 0.1) is 6.92 Å². The second-order valence-electron chi connectivity index (χ2n) is 5.29. The first-order valence-corrected chi connectivity index (χ1v) is 8.31. The van der Waals surface area contributed by atoms with Crippen LogP contribution >= 0.6 is 34.8 Å². The minimum Gasteiger partial charge on any atom is -0.319 e. The maximum Gasteiger partial charge on any atom is 0.262 e. The lowest BCUT2D eigenvalue weighted by atomic mass is 10.1. The van der Waals surface area contributed by atoms with Gasteiger partial charge in [0.1, 0.15) is 6.54 Å². The van der Waals surface area contributed by atoms with Gasteiger partial charge in [-0.25, -0.2) is 0 Å². The summed E-state index contributed by atoms with van der Waals surface area (Å²) in [6, 6.07) is 17.1. The Kier molecular flexibility index (Phi) is 6.31. The van der Waals surface area contributed by atoms with E-state index in [9.17, 15) is 4.79 Å². The van der Waals surface area contributed by atoms with Crippen LogP contribution in [0.5, 0.6) is 0 Å². The number of nitrogens with two attached hydrogens (primary N) is 1.